The summed E-state index contributed by atoms with van der Waals surface area (Å²) in [5, 5.41) is 3.91. The first-order valence-corrected chi connectivity index (χ1v) is 6.35. The maximum atomic E-state index is 11.3. The highest BCUT2D eigenvalue weighted by molar-refractivity contribution is 5.81. The fraction of sp³-hybridized carbons (Fsp3) is 0.286. The molecular formula is C14H16N4O. The van der Waals surface area contributed by atoms with Gasteiger partial charge >= 0.3 is 0 Å². The number of aromatic nitrogens is 1. The van der Waals surface area contributed by atoms with Crippen LogP contribution < -0.4 is 11.1 Å². The van der Waals surface area contributed by atoms with Crippen molar-refractivity contribution in [2.24, 2.45) is 0 Å². The van der Waals surface area contributed by atoms with Crippen LogP contribution in [0.3, 0.4) is 0 Å². The Morgan fingerprint density at radius 2 is 2.21 bits per heavy atom. The number of pyridine rings is 1. The topological polar surface area (TPSA) is 71.2 Å². The Balaban J connectivity index is 1.81. The minimum atomic E-state index is 0.0986. The Morgan fingerprint density at radius 1 is 1.32 bits per heavy atom. The average Bonchev–Trinajstić information content (AvgIpc) is 2.39. The number of nitrogen functional groups attached to an aromatic ring is 1. The second kappa shape index (κ2) is 4.85. The van der Waals surface area contributed by atoms with E-state index in [4.69, 9.17) is 5.73 Å². The minimum absolute atomic E-state index is 0.0986. The Bertz CT molecular complexity index is 626. The first-order valence-electron chi connectivity index (χ1n) is 6.35. The van der Waals surface area contributed by atoms with Gasteiger partial charge in [-0.15, -0.1) is 0 Å². The van der Waals surface area contributed by atoms with Crippen LogP contribution in [0.25, 0.3) is 10.9 Å². The molecule has 1 fully saturated rings. The first-order chi connectivity index (χ1) is 9.20. The molecule has 0 spiro atoms. The van der Waals surface area contributed by atoms with Gasteiger partial charge in [0.2, 0.25) is 5.91 Å². The van der Waals surface area contributed by atoms with Gasteiger partial charge in [0.1, 0.15) is 5.82 Å². The Morgan fingerprint density at radius 3 is 3.05 bits per heavy atom. The van der Waals surface area contributed by atoms with Crippen LogP contribution in [0.15, 0.2) is 30.3 Å². The van der Waals surface area contributed by atoms with Crippen LogP contribution in [0, 0.1) is 0 Å². The number of hydrogen-bond donors (Lipinski definition) is 2. The van der Waals surface area contributed by atoms with E-state index in [2.05, 4.69) is 21.3 Å². The summed E-state index contributed by atoms with van der Waals surface area (Å²) in [5.74, 6) is 0.634. The van der Waals surface area contributed by atoms with Crippen LogP contribution in [-0.2, 0) is 11.3 Å². The molecule has 0 saturated carbocycles. The van der Waals surface area contributed by atoms with Gasteiger partial charge in [-0.1, -0.05) is 6.07 Å². The molecule has 0 bridgehead atoms. The molecule has 19 heavy (non-hydrogen) atoms. The molecule has 0 radical (unpaired) electrons. The first kappa shape index (κ1) is 11.9. The summed E-state index contributed by atoms with van der Waals surface area (Å²) in [4.78, 5) is 17.8. The highest BCUT2D eigenvalue weighted by Crippen LogP contribution is 2.17. The number of nitrogens with one attached hydrogen (secondary N) is 1. The van der Waals surface area contributed by atoms with Crippen molar-refractivity contribution in [3.05, 3.63) is 35.9 Å². The summed E-state index contributed by atoms with van der Waals surface area (Å²) < 4.78 is 0. The van der Waals surface area contributed by atoms with Gasteiger partial charge in [-0.05, 0) is 29.8 Å². The molecule has 0 atom stereocenters. The van der Waals surface area contributed by atoms with Gasteiger partial charge in [0, 0.05) is 25.0 Å². The molecule has 5 heteroatoms. The summed E-state index contributed by atoms with van der Waals surface area (Å²) in [7, 11) is 0. The van der Waals surface area contributed by atoms with E-state index in [1.54, 1.807) is 6.07 Å². The van der Waals surface area contributed by atoms with Crippen molar-refractivity contribution < 1.29 is 4.79 Å². The van der Waals surface area contributed by atoms with Gasteiger partial charge < -0.3 is 11.1 Å². The van der Waals surface area contributed by atoms with Gasteiger partial charge in [-0.2, -0.15) is 0 Å². The number of hydrogen-bond acceptors (Lipinski definition) is 4. The van der Waals surface area contributed by atoms with Gasteiger partial charge in [-0.3, -0.25) is 9.69 Å². The Kier molecular flexibility index (Phi) is 3.05. The van der Waals surface area contributed by atoms with Gasteiger partial charge in [0.25, 0.3) is 0 Å². The zero-order chi connectivity index (χ0) is 13.2. The molecule has 3 N–H and O–H groups in total. The second-order valence-electron chi connectivity index (χ2n) is 4.82. The van der Waals surface area contributed by atoms with Crippen molar-refractivity contribution in [2.45, 2.75) is 6.54 Å². The third kappa shape index (κ3) is 2.66. The number of piperazine rings is 1. The van der Waals surface area contributed by atoms with E-state index in [-0.39, 0.29) is 5.91 Å². The second-order valence-corrected chi connectivity index (χ2v) is 4.82. The number of carbonyl (C=O) groups is 1. The lowest BCUT2D eigenvalue weighted by Crippen LogP contribution is -2.47. The van der Waals surface area contributed by atoms with E-state index in [9.17, 15) is 4.79 Å². The third-order valence-corrected chi connectivity index (χ3v) is 3.30. The predicted molar refractivity (Wildman–Crippen MR) is 74.4 cm³/mol. The molecule has 2 heterocycles. The molecule has 5 nitrogen and oxygen atoms in total. The molecule has 1 amide bonds. The molecule has 0 aliphatic carbocycles. The molecule has 1 saturated heterocycles. The molecule has 0 unspecified atom stereocenters. The smallest absolute Gasteiger partial charge is 0.234 e. The zero-order valence-corrected chi connectivity index (χ0v) is 10.6. The number of benzene rings is 1. The van der Waals surface area contributed by atoms with Gasteiger partial charge in [0.05, 0.1) is 12.1 Å². The molecule has 1 aromatic heterocycles. The third-order valence-electron chi connectivity index (χ3n) is 3.30. The fourth-order valence-electron chi connectivity index (χ4n) is 2.37. The number of nitrogens with zero attached hydrogens (tertiary/aromatic N) is 2. The van der Waals surface area contributed by atoms with E-state index in [1.165, 1.54) is 5.56 Å². The molecule has 1 aliphatic rings. The molecule has 1 aromatic carbocycles. The Labute approximate surface area is 111 Å². The highest BCUT2D eigenvalue weighted by Gasteiger charge is 2.15. The summed E-state index contributed by atoms with van der Waals surface area (Å²) in [6, 6.07) is 9.91. The maximum Gasteiger partial charge on any atom is 0.234 e. The molecule has 1 aliphatic heterocycles. The standard InChI is InChI=1S/C14H16N4O/c15-13-4-2-11-7-10(1-3-12(11)17-13)8-18-6-5-16-14(19)9-18/h1-4,7H,5-6,8-9H2,(H2,15,17)(H,16,19). The van der Waals surface area contributed by atoms with Crippen molar-refractivity contribution in [1.82, 2.24) is 15.2 Å². The van der Waals surface area contributed by atoms with Crippen molar-refractivity contribution in [1.29, 1.82) is 0 Å². The maximum absolute atomic E-state index is 11.3. The summed E-state index contributed by atoms with van der Waals surface area (Å²) in [5.41, 5.74) is 7.75. The van der Waals surface area contributed by atoms with E-state index in [0.29, 0.717) is 12.4 Å². The summed E-state index contributed by atoms with van der Waals surface area (Å²) in [6.07, 6.45) is 0. The number of rotatable bonds is 2. The van der Waals surface area contributed by atoms with Crippen molar-refractivity contribution in [3.63, 3.8) is 0 Å². The Hall–Kier alpha value is -2.14. The van der Waals surface area contributed by atoms with Gasteiger partial charge in [-0.25, -0.2) is 4.98 Å². The quantitative estimate of drug-likeness (QED) is 0.831. The van der Waals surface area contributed by atoms with Crippen molar-refractivity contribution in [3.8, 4) is 0 Å². The monoisotopic (exact) mass is 256 g/mol. The van der Waals surface area contributed by atoms with Crippen molar-refractivity contribution >= 4 is 22.6 Å². The van der Waals surface area contributed by atoms with Crippen LogP contribution in [0.1, 0.15) is 5.56 Å². The number of fused-ring (bicyclic) bond motifs is 1. The lowest BCUT2D eigenvalue weighted by molar-refractivity contribution is -0.124. The lowest BCUT2D eigenvalue weighted by Gasteiger charge is -2.26. The fourth-order valence-corrected chi connectivity index (χ4v) is 2.37. The van der Waals surface area contributed by atoms with Crippen LogP contribution in [0.5, 0.6) is 0 Å². The average molecular weight is 256 g/mol. The minimum Gasteiger partial charge on any atom is -0.384 e. The largest absolute Gasteiger partial charge is 0.384 e. The van der Waals surface area contributed by atoms with Crippen LogP contribution in [0.4, 0.5) is 5.82 Å². The van der Waals surface area contributed by atoms with Crippen LogP contribution in [-0.4, -0.2) is 35.4 Å². The number of nitrogens with two attached hydrogens (primary N) is 1. The molecule has 98 valence electrons. The highest BCUT2D eigenvalue weighted by atomic mass is 16.2. The molecule has 3 rings (SSSR count). The van der Waals surface area contributed by atoms with Crippen LogP contribution >= 0.6 is 0 Å². The van der Waals surface area contributed by atoms with Crippen LogP contribution in [0.2, 0.25) is 0 Å². The summed E-state index contributed by atoms with van der Waals surface area (Å²) >= 11 is 0. The van der Waals surface area contributed by atoms with E-state index in [1.807, 2.05) is 18.2 Å². The molecular weight excluding hydrogens is 240 g/mol. The van der Waals surface area contributed by atoms with E-state index in [0.717, 1.165) is 30.5 Å². The van der Waals surface area contributed by atoms with Gasteiger partial charge in [0.15, 0.2) is 0 Å². The van der Waals surface area contributed by atoms with E-state index >= 15 is 0 Å². The predicted octanol–water partition coefficient (Wildman–Crippen LogP) is 0.749. The zero-order valence-electron chi connectivity index (χ0n) is 10.6. The number of carbonyl (C=O) groups excluding carboxylic acids is 1. The molecule has 2 aromatic rings. The SMILES string of the molecule is Nc1ccc2cc(CN3CCNC(=O)C3)ccc2n1. The normalized spacial score (nSPS) is 16.5. The van der Waals surface area contributed by atoms with Crippen molar-refractivity contribution in [2.75, 3.05) is 25.4 Å². The number of anilines is 1. The lowest BCUT2D eigenvalue weighted by atomic mass is 10.1. The van der Waals surface area contributed by atoms with E-state index < -0.39 is 0 Å². The number of amides is 1. The summed E-state index contributed by atoms with van der Waals surface area (Å²) in [6.45, 7) is 2.88.